The van der Waals surface area contributed by atoms with Crippen LogP contribution in [-0.4, -0.2) is 41.6 Å². The molecular formula is C20H23BrFN3O3. The van der Waals surface area contributed by atoms with Gasteiger partial charge in [-0.1, -0.05) is 6.07 Å². The summed E-state index contributed by atoms with van der Waals surface area (Å²) in [7, 11) is 1.45. The molecule has 0 saturated carbocycles. The normalized spacial score (nSPS) is 15.4. The number of nitrogens with one attached hydrogen (secondary N) is 1. The van der Waals surface area contributed by atoms with E-state index >= 15 is 0 Å². The highest BCUT2D eigenvalue weighted by atomic mass is 79.9. The highest BCUT2D eigenvalue weighted by Crippen LogP contribution is 2.20. The monoisotopic (exact) mass is 451 g/mol. The van der Waals surface area contributed by atoms with E-state index in [-0.39, 0.29) is 35.6 Å². The van der Waals surface area contributed by atoms with Crippen LogP contribution in [0.3, 0.4) is 0 Å². The van der Waals surface area contributed by atoms with Gasteiger partial charge in [-0.3, -0.25) is 14.5 Å². The molecule has 1 aromatic heterocycles. The fourth-order valence-electron chi connectivity index (χ4n) is 3.36. The van der Waals surface area contributed by atoms with Crippen molar-refractivity contribution in [1.29, 1.82) is 0 Å². The highest BCUT2D eigenvalue weighted by molar-refractivity contribution is 9.10. The van der Waals surface area contributed by atoms with E-state index in [9.17, 15) is 14.0 Å². The number of carbonyl (C=O) groups is 1. The molecule has 28 heavy (non-hydrogen) atoms. The first-order chi connectivity index (χ1) is 13.4. The number of halogens is 2. The molecule has 1 aromatic carbocycles. The predicted molar refractivity (Wildman–Crippen MR) is 108 cm³/mol. The zero-order valence-electron chi connectivity index (χ0n) is 15.7. The van der Waals surface area contributed by atoms with Gasteiger partial charge in [-0.2, -0.15) is 0 Å². The first kappa shape index (κ1) is 20.5. The number of likely N-dealkylation sites (tertiary alicyclic amines) is 1. The first-order valence-electron chi connectivity index (χ1n) is 9.14. The minimum Gasteiger partial charge on any atom is -0.494 e. The van der Waals surface area contributed by atoms with Crippen LogP contribution in [0.2, 0.25) is 0 Å². The van der Waals surface area contributed by atoms with Crippen LogP contribution in [0.25, 0.3) is 0 Å². The minimum atomic E-state index is -0.357. The molecule has 6 nitrogen and oxygen atoms in total. The van der Waals surface area contributed by atoms with Gasteiger partial charge in [0.05, 0.1) is 7.11 Å². The summed E-state index contributed by atoms with van der Waals surface area (Å²) in [5.41, 5.74) is 0.690. The van der Waals surface area contributed by atoms with E-state index in [1.165, 1.54) is 23.8 Å². The zero-order valence-corrected chi connectivity index (χ0v) is 17.2. The molecule has 0 radical (unpaired) electrons. The van der Waals surface area contributed by atoms with Crippen LogP contribution in [0.4, 0.5) is 4.39 Å². The quantitative estimate of drug-likeness (QED) is 0.732. The molecule has 3 rings (SSSR count). The molecule has 8 heteroatoms. The molecule has 1 fully saturated rings. The number of rotatable bonds is 6. The van der Waals surface area contributed by atoms with Crippen LogP contribution in [0.15, 0.2) is 45.8 Å². The molecule has 0 aliphatic carbocycles. The van der Waals surface area contributed by atoms with E-state index in [2.05, 4.69) is 26.1 Å². The molecule has 150 valence electrons. The fraction of sp³-hybridized carbons (Fsp3) is 0.400. The molecule has 0 atom stereocenters. The van der Waals surface area contributed by atoms with Crippen LogP contribution < -0.4 is 15.6 Å². The molecule has 0 spiro atoms. The maximum atomic E-state index is 13.8. The van der Waals surface area contributed by atoms with E-state index in [1.807, 2.05) is 6.07 Å². The number of amides is 1. The summed E-state index contributed by atoms with van der Waals surface area (Å²) in [6.07, 6.45) is 3.24. The Morgan fingerprint density at radius 3 is 2.71 bits per heavy atom. The number of nitrogens with zero attached hydrogens (tertiary/aromatic N) is 2. The summed E-state index contributed by atoms with van der Waals surface area (Å²) >= 11 is 3.30. The SMILES string of the molecule is COc1ccc(CN2CCC(NC(=O)Cn3cc(Br)ccc3=O)CC2)cc1F. The van der Waals surface area contributed by atoms with Crippen molar-refractivity contribution in [2.24, 2.45) is 0 Å². The average Bonchev–Trinajstić information content (AvgIpc) is 2.66. The van der Waals surface area contributed by atoms with Gasteiger partial charge in [0.1, 0.15) is 6.54 Å². The Hall–Kier alpha value is -2.19. The lowest BCUT2D eigenvalue weighted by atomic mass is 10.0. The number of aromatic nitrogens is 1. The summed E-state index contributed by atoms with van der Waals surface area (Å²) in [4.78, 5) is 26.3. The number of hydrogen-bond donors (Lipinski definition) is 1. The Morgan fingerprint density at radius 1 is 1.29 bits per heavy atom. The maximum absolute atomic E-state index is 13.8. The summed E-state index contributed by atoms with van der Waals surface area (Å²) in [5.74, 6) is -0.282. The van der Waals surface area contributed by atoms with Crippen molar-refractivity contribution in [1.82, 2.24) is 14.8 Å². The van der Waals surface area contributed by atoms with Gasteiger partial charge in [-0.25, -0.2) is 4.39 Å². The van der Waals surface area contributed by atoms with Crippen LogP contribution in [0.5, 0.6) is 5.75 Å². The third kappa shape index (κ3) is 5.42. The first-order valence-corrected chi connectivity index (χ1v) is 9.94. The van der Waals surface area contributed by atoms with Crippen LogP contribution >= 0.6 is 15.9 Å². The largest absolute Gasteiger partial charge is 0.494 e. The van der Waals surface area contributed by atoms with Gasteiger partial charge in [-0.15, -0.1) is 0 Å². The van der Waals surface area contributed by atoms with Gasteiger partial charge in [-0.05, 0) is 52.5 Å². The smallest absolute Gasteiger partial charge is 0.251 e. The number of ether oxygens (including phenoxy) is 1. The lowest BCUT2D eigenvalue weighted by Crippen LogP contribution is -2.45. The third-order valence-corrected chi connectivity index (χ3v) is 5.31. The molecule has 1 aliphatic rings. The van der Waals surface area contributed by atoms with Crippen LogP contribution in [0.1, 0.15) is 18.4 Å². The number of benzene rings is 1. The Bertz CT molecular complexity index is 895. The standard InChI is InChI=1S/C20H23BrFN3O3/c1-28-18-4-2-14(10-17(18)22)11-24-8-6-16(7-9-24)23-19(26)13-25-12-15(21)3-5-20(25)27/h2-5,10,12,16H,6-9,11,13H2,1H3,(H,23,26). The molecule has 1 amide bonds. The van der Waals surface area contributed by atoms with Crippen molar-refractivity contribution < 1.29 is 13.9 Å². The van der Waals surface area contributed by atoms with Crippen LogP contribution in [-0.2, 0) is 17.9 Å². The van der Waals surface area contributed by atoms with E-state index in [0.29, 0.717) is 6.54 Å². The van der Waals surface area contributed by atoms with Gasteiger partial charge in [0.2, 0.25) is 5.91 Å². The van der Waals surface area contributed by atoms with Crippen molar-refractivity contribution in [2.75, 3.05) is 20.2 Å². The Balaban J connectivity index is 1.47. The molecule has 2 aromatic rings. The van der Waals surface area contributed by atoms with E-state index in [1.54, 1.807) is 18.3 Å². The Labute approximate surface area is 171 Å². The van der Waals surface area contributed by atoms with Crippen molar-refractivity contribution in [3.63, 3.8) is 0 Å². The molecule has 1 aliphatic heterocycles. The maximum Gasteiger partial charge on any atom is 0.251 e. The van der Waals surface area contributed by atoms with Gasteiger partial charge in [0.15, 0.2) is 11.6 Å². The van der Waals surface area contributed by atoms with E-state index < -0.39 is 0 Å². The Kier molecular flexibility index (Phi) is 6.85. The molecule has 1 N–H and O–H groups in total. The molecule has 2 heterocycles. The van der Waals surface area contributed by atoms with Crippen molar-refractivity contribution >= 4 is 21.8 Å². The summed E-state index contributed by atoms with van der Waals surface area (Å²) in [5, 5.41) is 3.01. The lowest BCUT2D eigenvalue weighted by Gasteiger charge is -2.32. The molecule has 1 saturated heterocycles. The van der Waals surface area contributed by atoms with Gasteiger partial charge in [0, 0.05) is 42.4 Å². The topological polar surface area (TPSA) is 63.6 Å². The average molecular weight is 452 g/mol. The minimum absolute atomic E-state index is 0.00358. The summed E-state index contributed by atoms with van der Waals surface area (Å²) in [6, 6.07) is 8.17. The van der Waals surface area contributed by atoms with Crippen molar-refractivity contribution in [3.05, 3.63) is 62.7 Å². The number of piperidine rings is 1. The number of pyridine rings is 1. The lowest BCUT2D eigenvalue weighted by molar-refractivity contribution is -0.122. The number of methoxy groups -OCH3 is 1. The predicted octanol–water partition coefficient (Wildman–Crippen LogP) is 2.54. The van der Waals surface area contributed by atoms with Gasteiger partial charge < -0.3 is 14.6 Å². The van der Waals surface area contributed by atoms with Gasteiger partial charge >= 0.3 is 0 Å². The van der Waals surface area contributed by atoms with Gasteiger partial charge in [0.25, 0.3) is 5.56 Å². The molecule has 0 unspecified atom stereocenters. The Morgan fingerprint density at radius 2 is 2.04 bits per heavy atom. The second-order valence-corrected chi connectivity index (χ2v) is 7.82. The van der Waals surface area contributed by atoms with Crippen molar-refractivity contribution in [2.45, 2.75) is 32.0 Å². The zero-order chi connectivity index (χ0) is 20.1. The van der Waals surface area contributed by atoms with Crippen LogP contribution in [0, 0.1) is 5.82 Å². The number of hydrogen-bond acceptors (Lipinski definition) is 4. The summed E-state index contributed by atoms with van der Waals surface area (Å²) in [6.45, 7) is 2.30. The molecular weight excluding hydrogens is 429 g/mol. The second kappa shape index (κ2) is 9.34. The highest BCUT2D eigenvalue weighted by Gasteiger charge is 2.21. The molecule has 0 bridgehead atoms. The fourth-order valence-corrected chi connectivity index (χ4v) is 3.73. The summed E-state index contributed by atoms with van der Waals surface area (Å²) < 4.78 is 20.9. The third-order valence-electron chi connectivity index (χ3n) is 4.84. The van der Waals surface area contributed by atoms with E-state index in [4.69, 9.17) is 4.74 Å². The van der Waals surface area contributed by atoms with E-state index in [0.717, 1.165) is 36.0 Å². The number of carbonyl (C=O) groups excluding carboxylic acids is 1. The second-order valence-electron chi connectivity index (χ2n) is 6.90. The van der Waals surface area contributed by atoms with Crippen molar-refractivity contribution in [3.8, 4) is 5.75 Å².